The third-order valence-electron chi connectivity index (χ3n) is 3.74. The van der Waals surface area contributed by atoms with Gasteiger partial charge < -0.3 is 14.8 Å². The summed E-state index contributed by atoms with van der Waals surface area (Å²) in [6, 6.07) is 15.1. The molecule has 4 nitrogen and oxygen atoms in total. The highest BCUT2D eigenvalue weighted by Crippen LogP contribution is 2.20. The zero-order valence-electron chi connectivity index (χ0n) is 15.1. The van der Waals surface area contributed by atoms with Crippen LogP contribution in [0.4, 0.5) is 5.69 Å². The van der Waals surface area contributed by atoms with Gasteiger partial charge in [0.05, 0.1) is 6.61 Å². The molecule has 2 aromatic rings. The van der Waals surface area contributed by atoms with Crippen molar-refractivity contribution in [3.8, 4) is 11.5 Å². The van der Waals surface area contributed by atoms with E-state index in [0.717, 1.165) is 23.4 Å². The molecule has 25 heavy (non-hydrogen) atoms. The fraction of sp³-hybridized carbons (Fsp3) is 0.381. The van der Waals surface area contributed by atoms with Gasteiger partial charge in [-0.15, -0.1) is 0 Å². The van der Waals surface area contributed by atoms with E-state index in [9.17, 15) is 4.79 Å². The molecule has 1 N–H and O–H groups in total. The summed E-state index contributed by atoms with van der Waals surface area (Å²) in [5, 5.41) is 2.83. The Morgan fingerprint density at radius 3 is 2.48 bits per heavy atom. The molecule has 0 saturated heterocycles. The molecule has 0 saturated carbocycles. The van der Waals surface area contributed by atoms with Crippen molar-refractivity contribution < 1.29 is 14.3 Å². The first-order chi connectivity index (χ1) is 12.2. The van der Waals surface area contributed by atoms with E-state index in [-0.39, 0.29) is 12.5 Å². The second kappa shape index (κ2) is 10.4. The van der Waals surface area contributed by atoms with Gasteiger partial charge in [-0.25, -0.2) is 0 Å². The molecule has 0 radical (unpaired) electrons. The van der Waals surface area contributed by atoms with E-state index < -0.39 is 0 Å². The molecule has 134 valence electrons. The Morgan fingerprint density at radius 2 is 1.72 bits per heavy atom. The molecule has 0 heterocycles. The highest BCUT2D eigenvalue weighted by molar-refractivity contribution is 5.91. The average Bonchev–Trinajstić information content (AvgIpc) is 2.60. The van der Waals surface area contributed by atoms with E-state index in [1.807, 2.05) is 55.5 Å². The summed E-state index contributed by atoms with van der Waals surface area (Å²) < 4.78 is 11.3. The average molecular weight is 341 g/mol. The van der Waals surface area contributed by atoms with Crippen molar-refractivity contribution >= 4 is 11.6 Å². The summed E-state index contributed by atoms with van der Waals surface area (Å²) in [7, 11) is 0. The zero-order chi connectivity index (χ0) is 17.9. The van der Waals surface area contributed by atoms with Gasteiger partial charge in [0, 0.05) is 11.8 Å². The standard InChI is InChI=1S/C21H27NO3/c1-3-4-5-6-13-24-19-11-8-12-20(15-19)25-16-21(23)22-18-10-7-9-17(2)14-18/h7-12,14-15H,3-6,13,16H2,1-2H3,(H,22,23). The van der Waals surface area contributed by atoms with Crippen LogP contribution in [0.15, 0.2) is 48.5 Å². The summed E-state index contributed by atoms with van der Waals surface area (Å²) in [5.41, 5.74) is 1.88. The molecule has 0 aliphatic heterocycles. The Hall–Kier alpha value is -2.49. The molecule has 0 aliphatic carbocycles. The number of carbonyl (C=O) groups is 1. The number of rotatable bonds is 10. The minimum absolute atomic E-state index is 0.0338. The third-order valence-corrected chi connectivity index (χ3v) is 3.74. The van der Waals surface area contributed by atoms with Gasteiger partial charge in [-0.3, -0.25) is 4.79 Å². The maximum absolute atomic E-state index is 12.0. The summed E-state index contributed by atoms with van der Waals surface area (Å²) in [6.45, 7) is 4.85. The first-order valence-electron chi connectivity index (χ1n) is 8.89. The number of hydrogen-bond donors (Lipinski definition) is 1. The lowest BCUT2D eigenvalue weighted by atomic mass is 10.2. The molecule has 0 aliphatic rings. The van der Waals surface area contributed by atoms with Crippen LogP contribution >= 0.6 is 0 Å². The van der Waals surface area contributed by atoms with Crippen LogP contribution in [0.2, 0.25) is 0 Å². The van der Waals surface area contributed by atoms with Crippen LogP contribution in [0.3, 0.4) is 0 Å². The van der Waals surface area contributed by atoms with Crippen LogP contribution in [0, 0.1) is 6.92 Å². The van der Waals surface area contributed by atoms with Crippen LogP contribution < -0.4 is 14.8 Å². The molecule has 0 fully saturated rings. The molecule has 2 rings (SSSR count). The van der Waals surface area contributed by atoms with Crippen LogP contribution in [0.5, 0.6) is 11.5 Å². The van der Waals surface area contributed by atoms with E-state index in [4.69, 9.17) is 9.47 Å². The topological polar surface area (TPSA) is 47.6 Å². The van der Waals surface area contributed by atoms with Crippen molar-refractivity contribution in [1.29, 1.82) is 0 Å². The maximum Gasteiger partial charge on any atom is 0.262 e. The molecular formula is C21H27NO3. The van der Waals surface area contributed by atoms with Crippen LogP contribution in [-0.2, 0) is 4.79 Å². The number of carbonyl (C=O) groups excluding carboxylic acids is 1. The molecule has 1 amide bonds. The van der Waals surface area contributed by atoms with Gasteiger partial charge in [0.1, 0.15) is 11.5 Å². The molecule has 0 unspecified atom stereocenters. The second-order valence-corrected chi connectivity index (χ2v) is 6.09. The predicted octanol–water partition coefficient (Wildman–Crippen LogP) is 4.97. The molecule has 0 spiro atoms. The van der Waals surface area contributed by atoms with Gasteiger partial charge >= 0.3 is 0 Å². The second-order valence-electron chi connectivity index (χ2n) is 6.09. The van der Waals surface area contributed by atoms with Crippen molar-refractivity contribution in [3.05, 3.63) is 54.1 Å². The van der Waals surface area contributed by atoms with Crippen LogP contribution in [0.1, 0.15) is 38.2 Å². The van der Waals surface area contributed by atoms with E-state index in [2.05, 4.69) is 12.2 Å². The number of benzene rings is 2. The Kier molecular flexibility index (Phi) is 7.83. The molecule has 0 bridgehead atoms. The number of anilines is 1. The summed E-state index contributed by atoms with van der Waals surface area (Å²) in [4.78, 5) is 12.0. The van der Waals surface area contributed by atoms with Gasteiger partial charge in [-0.05, 0) is 43.2 Å². The highest BCUT2D eigenvalue weighted by Gasteiger charge is 2.05. The fourth-order valence-electron chi connectivity index (χ4n) is 2.44. The normalized spacial score (nSPS) is 10.3. The van der Waals surface area contributed by atoms with Crippen LogP contribution in [-0.4, -0.2) is 19.1 Å². The Labute approximate surface area is 150 Å². The number of aryl methyl sites for hydroxylation is 1. The lowest BCUT2D eigenvalue weighted by Crippen LogP contribution is -2.20. The minimum atomic E-state index is -0.184. The van der Waals surface area contributed by atoms with Gasteiger partial charge in [0.25, 0.3) is 5.91 Å². The van der Waals surface area contributed by atoms with Crippen molar-refractivity contribution in [2.75, 3.05) is 18.5 Å². The van der Waals surface area contributed by atoms with Crippen LogP contribution in [0.25, 0.3) is 0 Å². The summed E-state index contributed by atoms with van der Waals surface area (Å²) in [6.07, 6.45) is 4.69. The smallest absolute Gasteiger partial charge is 0.262 e. The molecule has 2 aromatic carbocycles. The van der Waals surface area contributed by atoms with Gasteiger partial charge in [0.15, 0.2) is 6.61 Å². The maximum atomic E-state index is 12.0. The summed E-state index contributed by atoms with van der Waals surface area (Å²) >= 11 is 0. The van der Waals surface area contributed by atoms with Gasteiger partial charge in [-0.1, -0.05) is 44.4 Å². The third kappa shape index (κ3) is 7.29. The number of hydrogen-bond acceptors (Lipinski definition) is 3. The van der Waals surface area contributed by atoms with Crippen molar-refractivity contribution in [3.63, 3.8) is 0 Å². The lowest BCUT2D eigenvalue weighted by molar-refractivity contribution is -0.118. The molecule has 0 aromatic heterocycles. The van der Waals surface area contributed by atoms with Crippen molar-refractivity contribution in [2.24, 2.45) is 0 Å². The van der Waals surface area contributed by atoms with Gasteiger partial charge in [-0.2, -0.15) is 0 Å². The monoisotopic (exact) mass is 341 g/mol. The van der Waals surface area contributed by atoms with E-state index in [0.29, 0.717) is 12.4 Å². The van der Waals surface area contributed by atoms with Crippen molar-refractivity contribution in [1.82, 2.24) is 0 Å². The Balaban J connectivity index is 1.76. The van der Waals surface area contributed by atoms with E-state index >= 15 is 0 Å². The van der Waals surface area contributed by atoms with E-state index in [1.54, 1.807) is 0 Å². The quantitative estimate of drug-likeness (QED) is 0.621. The van der Waals surface area contributed by atoms with Crippen molar-refractivity contribution in [2.45, 2.75) is 39.5 Å². The summed E-state index contributed by atoms with van der Waals surface area (Å²) in [5.74, 6) is 1.22. The van der Waals surface area contributed by atoms with E-state index in [1.165, 1.54) is 19.3 Å². The Bertz CT molecular complexity index is 670. The Morgan fingerprint density at radius 1 is 0.960 bits per heavy atom. The first kappa shape index (κ1) is 18.8. The molecular weight excluding hydrogens is 314 g/mol. The minimum Gasteiger partial charge on any atom is -0.493 e. The number of nitrogens with one attached hydrogen (secondary N) is 1. The first-order valence-corrected chi connectivity index (χ1v) is 8.89. The number of amides is 1. The number of ether oxygens (including phenoxy) is 2. The number of unbranched alkanes of at least 4 members (excludes halogenated alkanes) is 3. The fourth-order valence-corrected chi connectivity index (χ4v) is 2.44. The SMILES string of the molecule is CCCCCCOc1cccc(OCC(=O)Nc2cccc(C)c2)c1. The molecule has 4 heteroatoms. The van der Waals surface area contributed by atoms with Gasteiger partial charge in [0.2, 0.25) is 0 Å². The zero-order valence-corrected chi connectivity index (χ0v) is 15.1. The highest BCUT2D eigenvalue weighted by atomic mass is 16.5. The largest absolute Gasteiger partial charge is 0.493 e. The predicted molar refractivity (Wildman–Crippen MR) is 101 cm³/mol. The lowest BCUT2D eigenvalue weighted by Gasteiger charge is -2.10. The molecule has 0 atom stereocenters.